The molecule has 19 heavy (non-hydrogen) atoms. The maximum absolute atomic E-state index is 5.95. The van der Waals surface area contributed by atoms with E-state index in [0.29, 0.717) is 23.2 Å². The van der Waals surface area contributed by atoms with Gasteiger partial charge < -0.3 is 15.0 Å². The van der Waals surface area contributed by atoms with Crippen LogP contribution in [0.4, 0.5) is 5.69 Å². The molecule has 0 aliphatic rings. The molecule has 0 saturated carbocycles. The fourth-order valence-corrected chi connectivity index (χ4v) is 2.33. The summed E-state index contributed by atoms with van der Waals surface area (Å²) in [6.45, 7) is 2.15. The van der Waals surface area contributed by atoms with Crippen molar-refractivity contribution >= 4 is 17.4 Å². The molecule has 0 fully saturated rings. The van der Waals surface area contributed by atoms with Crippen molar-refractivity contribution < 1.29 is 9.26 Å². The number of hydrogen-bond donors (Lipinski definition) is 1. The Kier molecular flexibility index (Phi) is 4.68. The summed E-state index contributed by atoms with van der Waals surface area (Å²) in [5.41, 5.74) is 7.25. The lowest BCUT2D eigenvalue weighted by molar-refractivity contribution is 0.414. The Morgan fingerprint density at radius 3 is 2.95 bits per heavy atom. The van der Waals surface area contributed by atoms with Crippen molar-refractivity contribution in [1.82, 2.24) is 10.1 Å². The van der Waals surface area contributed by atoms with Gasteiger partial charge in [0, 0.05) is 11.8 Å². The Morgan fingerprint density at radius 1 is 1.42 bits per heavy atom. The van der Waals surface area contributed by atoms with Crippen molar-refractivity contribution in [3.63, 3.8) is 0 Å². The van der Waals surface area contributed by atoms with Gasteiger partial charge >= 0.3 is 0 Å². The van der Waals surface area contributed by atoms with E-state index in [9.17, 15) is 0 Å². The van der Waals surface area contributed by atoms with Gasteiger partial charge in [-0.25, -0.2) is 0 Å². The molecule has 2 rings (SSSR count). The first-order valence-corrected chi connectivity index (χ1v) is 7.24. The summed E-state index contributed by atoms with van der Waals surface area (Å²) < 4.78 is 10.3. The summed E-state index contributed by atoms with van der Waals surface area (Å²) in [6.07, 6.45) is 1.14. The molecular formula is C13H17N3O2S. The van der Waals surface area contributed by atoms with Crippen molar-refractivity contribution in [2.75, 3.05) is 18.6 Å². The molecule has 1 aromatic carbocycles. The summed E-state index contributed by atoms with van der Waals surface area (Å²) in [4.78, 5) is 4.35. The van der Waals surface area contributed by atoms with Crippen LogP contribution in [0.15, 0.2) is 22.7 Å². The first-order chi connectivity index (χ1) is 9.24. The number of nitrogens with zero attached hydrogens (tertiary/aromatic N) is 2. The van der Waals surface area contributed by atoms with E-state index in [2.05, 4.69) is 17.1 Å². The van der Waals surface area contributed by atoms with Crippen LogP contribution >= 0.6 is 11.8 Å². The highest BCUT2D eigenvalue weighted by atomic mass is 32.2. The molecule has 0 aliphatic heterocycles. The number of aromatic nitrogens is 2. The lowest BCUT2D eigenvalue weighted by Gasteiger charge is -2.03. The molecular weight excluding hydrogens is 262 g/mol. The Bertz CT molecular complexity index is 542. The SMILES string of the molecule is CCCSCc1noc(-c2ccc(OC)cc2N)n1. The maximum Gasteiger partial charge on any atom is 0.260 e. The van der Waals surface area contributed by atoms with Crippen LogP contribution in [0.2, 0.25) is 0 Å². The van der Waals surface area contributed by atoms with E-state index < -0.39 is 0 Å². The smallest absolute Gasteiger partial charge is 0.260 e. The van der Waals surface area contributed by atoms with Gasteiger partial charge in [0.25, 0.3) is 5.89 Å². The number of nitrogen functional groups attached to an aromatic ring is 1. The third-order valence-electron chi connectivity index (χ3n) is 2.54. The van der Waals surface area contributed by atoms with E-state index in [1.807, 2.05) is 12.1 Å². The van der Waals surface area contributed by atoms with E-state index in [1.54, 1.807) is 24.9 Å². The highest BCUT2D eigenvalue weighted by Crippen LogP contribution is 2.28. The first kappa shape index (κ1) is 13.7. The molecule has 0 aliphatic carbocycles. The van der Waals surface area contributed by atoms with Gasteiger partial charge in [-0.3, -0.25) is 0 Å². The van der Waals surface area contributed by atoms with E-state index in [0.717, 1.165) is 23.5 Å². The quantitative estimate of drug-likeness (QED) is 0.647. The van der Waals surface area contributed by atoms with Crippen LogP contribution < -0.4 is 10.5 Å². The molecule has 0 saturated heterocycles. The monoisotopic (exact) mass is 279 g/mol. The number of benzene rings is 1. The Morgan fingerprint density at radius 2 is 2.26 bits per heavy atom. The van der Waals surface area contributed by atoms with Gasteiger partial charge in [0.05, 0.1) is 18.4 Å². The molecule has 2 aromatic rings. The summed E-state index contributed by atoms with van der Waals surface area (Å²) in [6, 6.07) is 5.39. The van der Waals surface area contributed by atoms with Crippen molar-refractivity contribution in [2.45, 2.75) is 19.1 Å². The number of anilines is 1. The van der Waals surface area contributed by atoms with Gasteiger partial charge in [-0.15, -0.1) is 0 Å². The number of thioether (sulfide) groups is 1. The summed E-state index contributed by atoms with van der Waals surface area (Å²) in [5.74, 6) is 3.71. The predicted molar refractivity (Wildman–Crippen MR) is 77.2 cm³/mol. The Balaban J connectivity index is 2.13. The van der Waals surface area contributed by atoms with Gasteiger partial charge in [-0.2, -0.15) is 16.7 Å². The number of methoxy groups -OCH3 is 1. The summed E-state index contributed by atoms with van der Waals surface area (Å²) in [7, 11) is 1.60. The molecule has 0 atom stereocenters. The second kappa shape index (κ2) is 6.47. The minimum absolute atomic E-state index is 0.451. The maximum atomic E-state index is 5.95. The van der Waals surface area contributed by atoms with E-state index in [1.165, 1.54) is 0 Å². The Hall–Kier alpha value is -1.69. The normalized spacial score (nSPS) is 10.6. The third-order valence-corrected chi connectivity index (χ3v) is 3.70. The second-order valence-corrected chi connectivity index (χ2v) is 5.13. The average molecular weight is 279 g/mol. The van der Waals surface area contributed by atoms with E-state index in [-0.39, 0.29) is 0 Å². The van der Waals surface area contributed by atoms with Gasteiger partial charge in [0.2, 0.25) is 0 Å². The highest BCUT2D eigenvalue weighted by Gasteiger charge is 2.12. The summed E-state index contributed by atoms with van der Waals surface area (Å²) >= 11 is 1.79. The van der Waals surface area contributed by atoms with Crippen LogP contribution in [0.25, 0.3) is 11.5 Å². The van der Waals surface area contributed by atoms with Crippen molar-refractivity contribution in [3.8, 4) is 17.2 Å². The molecule has 2 N–H and O–H groups in total. The Labute approximate surface area is 116 Å². The number of nitrogens with two attached hydrogens (primary N) is 1. The molecule has 0 unspecified atom stereocenters. The van der Waals surface area contributed by atoms with Crippen LogP contribution in [0.5, 0.6) is 5.75 Å². The number of rotatable bonds is 6. The lowest BCUT2D eigenvalue weighted by atomic mass is 10.1. The van der Waals surface area contributed by atoms with Gasteiger partial charge in [0.15, 0.2) is 5.82 Å². The first-order valence-electron chi connectivity index (χ1n) is 6.08. The zero-order valence-electron chi connectivity index (χ0n) is 11.0. The molecule has 0 amide bonds. The van der Waals surface area contributed by atoms with Crippen LogP contribution in [0.1, 0.15) is 19.2 Å². The second-order valence-electron chi connectivity index (χ2n) is 4.02. The molecule has 6 heteroatoms. The fourth-order valence-electron chi connectivity index (χ4n) is 1.59. The van der Waals surface area contributed by atoms with Crippen LogP contribution in [0.3, 0.4) is 0 Å². The van der Waals surface area contributed by atoms with Gasteiger partial charge in [-0.1, -0.05) is 12.1 Å². The minimum atomic E-state index is 0.451. The topological polar surface area (TPSA) is 74.2 Å². The lowest BCUT2D eigenvalue weighted by Crippen LogP contribution is -1.92. The van der Waals surface area contributed by atoms with Crippen molar-refractivity contribution in [2.24, 2.45) is 0 Å². The van der Waals surface area contributed by atoms with Crippen LogP contribution in [-0.4, -0.2) is 23.0 Å². The summed E-state index contributed by atoms with van der Waals surface area (Å²) in [5, 5.41) is 3.95. The van der Waals surface area contributed by atoms with Crippen molar-refractivity contribution in [3.05, 3.63) is 24.0 Å². The molecule has 102 valence electrons. The zero-order valence-corrected chi connectivity index (χ0v) is 11.9. The van der Waals surface area contributed by atoms with Gasteiger partial charge in [0.1, 0.15) is 5.75 Å². The minimum Gasteiger partial charge on any atom is -0.497 e. The van der Waals surface area contributed by atoms with E-state index >= 15 is 0 Å². The molecule has 5 nitrogen and oxygen atoms in total. The fraction of sp³-hybridized carbons (Fsp3) is 0.385. The average Bonchev–Trinajstić information content (AvgIpc) is 2.87. The molecule has 0 radical (unpaired) electrons. The zero-order chi connectivity index (χ0) is 13.7. The number of ether oxygens (including phenoxy) is 1. The van der Waals surface area contributed by atoms with Crippen LogP contribution in [-0.2, 0) is 5.75 Å². The molecule has 0 spiro atoms. The number of hydrogen-bond acceptors (Lipinski definition) is 6. The van der Waals surface area contributed by atoms with Crippen molar-refractivity contribution in [1.29, 1.82) is 0 Å². The highest BCUT2D eigenvalue weighted by molar-refractivity contribution is 7.98. The largest absolute Gasteiger partial charge is 0.497 e. The molecule has 1 heterocycles. The van der Waals surface area contributed by atoms with Gasteiger partial charge in [-0.05, 0) is 24.3 Å². The molecule has 0 bridgehead atoms. The van der Waals surface area contributed by atoms with Crippen LogP contribution in [0, 0.1) is 0 Å². The molecule has 1 aromatic heterocycles. The third kappa shape index (κ3) is 3.41. The predicted octanol–water partition coefficient (Wildman–Crippen LogP) is 2.97. The standard InChI is InChI=1S/C13H17N3O2S/c1-3-6-19-8-12-15-13(18-16-12)10-5-4-9(17-2)7-11(10)14/h4-5,7H,3,6,8,14H2,1-2H3. The van der Waals surface area contributed by atoms with E-state index in [4.69, 9.17) is 15.0 Å².